The number of ether oxygens (including phenoxy) is 5. The molecule has 2 aromatic rings. The van der Waals surface area contributed by atoms with Gasteiger partial charge in [0, 0.05) is 29.2 Å². The second kappa shape index (κ2) is 12.6. The van der Waals surface area contributed by atoms with Crippen LogP contribution < -0.4 is 4.74 Å². The number of esters is 1. The van der Waals surface area contributed by atoms with Gasteiger partial charge in [0.15, 0.2) is 24.0 Å². The highest BCUT2D eigenvalue weighted by molar-refractivity contribution is 6.29. The van der Waals surface area contributed by atoms with E-state index in [1.807, 2.05) is 0 Å². The molecule has 16 nitrogen and oxygen atoms in total. The molecule has 2 aromatic carbocycles. The van der Waals surface area contributed by atoms with Gasteiger partial charge in [-0.05, 0) is 31.2 Å². The van der Waals surface area contributed by atoms with Crippen LogP contribution in [0.3, 0.4) is 0 Å². The highest BCUT2D eigenvalue weighted by atomic mass is 16.8. The van der Waals surface area contributed by atoms with Gasteiger partial charge in [-0.3, -0.25) is 14.4 Å². The SMILES string of the molecule is CC(=O)OCC1OC(OC2C(Oc3cc4c(c(O)c3C)C(=O)c3ccc(O)cc3C4=O)OC(CO)C(O)C2O)C(O)C(O)C1O. The third kappa shape index (κ3) is 5.87. The molecule has 3 aliphatic rings. The minimum atomic E-state index is -1.93. The van der Waals surface area contributed by atoms with E-state index in [0.717, 1.165) is 19.1 Å². The molecule has 45 heavy (non-hydrogen) atoms. The smallest absolute Gasteiger partial charge is 0.302 e. The lowest BCUT2D eigenvalue weighted by atomic mass is 9.82. The molecule has 0 saturated carbocycles. The molecule has 0 radical (unpaired) electrons. The lowest BCUT2D eigenvalue weighted by Crippen LogP contribution is -2.65. The molecule has 0 amide bonds. The Labute approximate surface area is 254 Å². The van der Waals surface area contributed by atoms with E-state index in [1.165, 1.54) is 19.1 Å². The minimum Gasteiger partial charge on any atom is -0.508 e. The average Bonchev–Trinajstić information content (AvgIpc) is 3.00. The zero-order valence-corrected chi connectivity index (χ0v) is 23.8. The molecule has 10 unspecified atom stereocenters. The topological polar surface area (TPSA) is 259 Å². The Bertz CT molecular complexity index is 1490. The van der Waals surface area contributed by atoms with E-state index in [9.17, 15) is 55.2 Å². The lowest BCUT2D eigenvalue weighted by Gasteiger charge is -2.46. The third-order valence-electron chi connectivity index (χ3n) is 7.95. The molecule has 8 N–H and O–H groups in total. The van der Waals surface area contributed by atoms with Crippen LogP contribution in [-0.2, 0) is 23.7 Å². The maximum absolute atomic E-state index is 13.3. The predicted octanol–water partition coefficient (Wildman–Crippen LogP) is -2.24. The van der Waals surface area contributed by atoms with Crippen molar-refractivity contribution in [1.29, 1.82) is 0 Å². The van der Waals surface area contributed by atoms with Gasteiger partial charge >= 0.3 is 5.97 Å². The van der Waals surface area contributed by atoms with E-state index in [0.29, 0.717) is 0 Å². The summed E-state index contributed by atoms with van der Waals surface area (Å²) < 4.78 is 27.6. The van der Waals surface area contributed by atoms with E-state index < -0.39 is 97.9 Å². The van der Waals surface area contributed by atoms with E-state index in [4.69, 9.17) is 23.7 Å². The monoisotopic (exact) mass is 636 g/mol. The van der Waals surface area contributed by atoms with Gasteiger partial charge in [-0.15, -0.1) is 0 Å². The van der Waals surface area contributed by atoms with E-state index in [2.05, 4.69) is 0 Å². The molecule has 0 aromatic heterocycles. The maximum Gasteiger partial charge on any atom is 0.302 e. The van der Waals surface area contributed by atoms with Crippen molar-refractivity contribution in [2.24, 2.45) is 0 Å². The molecule has 0 bridgehead atoms. The highest BCUT2D eigenvalue weighted by Crippen LogP contribution is 2.41. The third-order valence-corrected chi connectivity index (χ3v) is 7.95. The average molecular weight is 637 g/mol. The Morgan fingerprint density at radius 3 is 2.16 bits per heavy atom. The van der Waals surface area contributed by atoms with Crippen LogP contribution in [0.2, 0.25) is 0 Å². The summed E-state index contributed by atoms with van der Waals surface area (Å²) in [4.78, 5) is 37.8. The van der Waals surface area contributed by atoms with Crippen molar-refractivity contribution in [2.75, 3.05) is 13.2 Å². The Morgan fingerprint density at radius 2 is 1.49 bits per heavy atom. The van der Waals surface area contributed by atoms with Crippen molar-refractivity contribution in [1.82, 2.24) is 0 Å². The number of carbonyl (C=O) groups excluding carboxylic acids is 3. The summed E-state index contributed by atoms with van der Waals surface area (Å²) in [5, 5.41) is 83.4. The summed E-state index contributed by atoms with van der Waals surface area (Å²) in [7, 11) is 0. The van der Waals surface area contributed by atoms with Gasteiger partial charge in [0.05, 0.1) is 12.2 Å². The highest BCUT2D eigenvalue weighted by Gasteiger charge is 2.52. The van der Waals surface area contributed by atoms with E-state index in [1.54, 1.807) is 0 Å². The van der Waals surface area contributed by atoms with Crippen LogP contribution in [0, 0.1) is 6.92 Å². The van der Waals surface area contributed by atoms with Crippen LogP contribution in [-0.4, -0.2) is 133 Å². The van der Waals surface area contributed by atoms with E-state index in [-0.39, 0.29) is 39.3 Å². The van der Waals surface area contributed by atoms with Crippen LogP contribution >= 0.6 is 0 Å². The van der Waals surface area contributed by atoms with Gasteiger partial charge < -0.3 is 64.5 Å². The number of rotatable bonds is 7. The van der Waals surface area contributed by atoms with Crippen molar-refractivity contribution in [3.63, 3.8) is 0 Å². The van der Waals surface area contributed by atoms with Crippen LogP contribution in [0.15, 0.2) is 24.3 Å². The number of hydrogen-bond donors (Lipinski definition) is 8. The molecule has 0 spiro atoms. The Balaban J connectivity index is 1.47. The molecule has 16 heteroatoms. The molecular weight excluding hydrogens is 604 g/mol. The van der Waals surface area contributed by atoms with Gasteiger partial charge in [0.25, 0.3) is 0 Å². The number of hydrogen-bond acceptors (Lipinski definition) is 16. The Kier molecular flexibility index (Phi) is 9.14. The second-order valence-corrected chi connectivity index (χ2v) is 10.9. The number of ketones is 2. The van der Waals surface area contributed by atoms with Crippen molar-refractivity contribution >= 4 is 17.5 Å². The molecule has 5 rings (SSSR count). The molecule has 2 fully saturated rings. The molecule has 2 saturated heterocycles. The van der Waals surface area contributed by atoms with Crippen molar-refractivity contribution in [3.05, 3.63) is 52.1 Å². The number of carbonyl (C=O) groups is 3. The first-order valence-electron chi connectivity index (χ1n) is 13.8. The zero-order valence-electron chi connectivity index (χ0n) is 23.8. The summed E-state index contributed by atoms with van der Waals surface area (Å²) in [6, 6.07) is 4.70. The minimum absolute atomic E-state index is 0.0361. The first-order chi connectivity index (χ1) is 21.2. The van der Waals surface area contributed by atoms with Crippen molar-refractivity contribution in [3.8, 4) is 17.2 Å². The fourth-order valence-corrected chi connectivity index (χ4v) is 5.41. The summed E-state index contributed by atoms with van der Waals surface area (Å²) >= 11 is 0. The summed E-state index contributed by atoms with van der Waals surface area (Å²) in [5.74, 6) is -3.26. The van der Waals surface area contributed by atoms with Gasteiger partial charge in [-0.2, -0.15) is 0 Å². The standard InChI is InChI=1S/C29H32O16/c1-9-15(6-14-18(19(9)33)21(35)12-4-3-11(32)5-13(12)20(14)34)42-29-27(25(39)22(36)16(7-30)43-29)45-28-26(40)24(38)23(37)17(44-28)8-41-10(2)31/h3-6,16-17,22-30,32-33,36-40H,7-8H2,1-2H3. The summed E-state index contributed by atoms with van der Waals surface area (Å²) in [6.45, 7) is 1.11. The number of aromatic hydroxyl groups is 2. The number of benzene rings is 2. The van der Waals surface area contributed by atoms with Crippen LogP contribution in [0.25, 0.3) is 0 Å². The Hall–Kier alpha value is -3.71. The predicted molar refractivity (Wildman–Crippen MR) is 144 cm³/mol. The van der Waals surface area contributed by atoms with Gasteiger partial charge in [0.1, 0.15) is 66.6 Å². The molecular formula is C29H32O16. The fraction of sp³-hybridized carbons (Fsp3) is 0.483. The molecule has 2 aliphatic heterocycles. The summed E-state index contributed by atoms with van der Waals surface area (Å²) in [5.41, 5.74) is -0.793. The maximum atomic E-state index is 13.3. The molecule has 2 heterocycles. The Morgan fingerprint density at radius 1 is 0.822 bits per heavy atom. The largest absolute Gasteiger partial charge is 0.508 e. The number of aliphatic hydroxyl groups excluding tert-OH is 6. The van der Waals surface area contributed by atoms with Gasteiger partial charge in [-0.25, -0.2) is 0 Å². The molecule has 1 aliphatic carbocycles. The molecule has 10 atom stereocenters. The normalized spacial score (nSPS) is 32.9. The first kappa shape index (κ1) is 32.7. The number of phenolic OH excluding ortho intramolecular Hbond substituents is 2. The van der Waals surface area contributed by atoms with Crippen molar-refractivity contribution < 1.29 is 78.9 Å². The quantitative estimate of drug-likeness (QED) is 0.127. The van der Waals surface area contributed by atoms with Gasteiger partial charge in [0.2, 0.25) is 6.29 Å². The van der Waals surface area contributed by atoms with Crippen LogP contribution in [0.1, 0.15) is 44.3 Å². The van der Waals surface area contributed by atoms with E-state index >= 15 is 0 Å². The van der Waals surface area contributed by atoms with Gasteiger partial charge in [-0.1, -0.05) is 0 Å². The fourth-order valence-electron chi connectivity index (χ4n) is 5.41. The molecule has 244 valence electrons. The number of fused-ring (bicyclic) bond motifs is 2. The zero-order chi connectivity index (χ0) is 32.9. The van der Waals surface area contributed by atoms with Crippen molar-refractivity contribution in [2.45, 2.75) is 75.3 Å². The van der Waals surface area contributed by atoms with Crippen LogP contribution in [0.5, 0.6) is 17.2 Å². The first-order valence-corrected chi connectivity index (χ1v) is 13.8. The van der Waals surface area contributed by atoms with Crippen LogP contribution in [0.4, 0.5) is 0 Å². The second-order valence-electron chi connectivity index (χ2n) is 10.9. The number of aliphatic hydroxyl groups is 6. The number of phenols is 2. The lowest BCUT2D eigenvalue weighted by molar-refractivity contribution is -0.358. The summed E-state index contributed by atoms with van der Waals surface area (Å²) in [6.07, 6.45) is -17.3.